The highest BCUT2D eigenvalue weighted by molar-refractivity contribution is 5.61. The number of rotatable bonds is 1. The van der Waals surface area contributed by atoms with Gasteiger partial charge in [-0.2, -0.15) is 0 Å². The predicted octanol–water partition coefficient (Wildman–Crippen LogP) is 1.77. The van der Waals surface area contributed by atoms with Crippen LogP contribution in [-0.2, 0) is 4.79 Å². The Balaban J connectivity index is 2.02. The molecule has 0 aliphatic heterocycles. The van der Waals surface area contributed by atoms with Crippen molar-refractivity contribution in [3.05, 3.63) is 0 Å². The fourth-order valence-electron chi connectivity index (χ4n) is 2.28. The van der Waals surface area contributed by atoms with Crippen LogP contribution in [0.5, 0.6) is 0 Å². The van der Waals surface area contributed by atoms with E-state index in [4.69, 9.17) is 0 Å². The van der Waals surface area contributed by atoms with Crippen LogP contribution in [0.25, 0.3) is 0 Å². The first-order valence-corrected chi connectivity index (χ1v) is 3.65. The van der Waals surface area contributed by atoms with Gasteiger partial charge >= 0.3 is 0 Å². The fraction of sp³-hybridized carbons (Fsp3) is 0.875. The van der Waals surface area contributed by atoms with Crippen LogP contribution in [0.1, 0.15) is 32.6 Å². The van der Waals surface area contributed by atoms with Crippen LogP contribution in [0, 0.1) is 10.8 Å². The van der Waals surface area contributed by atoms with E-state index in [2.05, 4.69) is 6.92 Å². The lowest BCUT2D eigenvalue weighted by molar-refractivity contribution is -0.123. The lowest BCUT2D eigenvalue weighted by Gasteiger charge is -2.41. The van der Waals surface area contributed by atoms with Crippen molar-refractivity contribution >= 4 is 6.29 Å². The molecule has 0 heterocycles. The maximum Gasteiger partial charge on any atom is 0.125 e. The summed E-state index contributed by atoms with van der Waals surface area (Å²) in [4.78, 5) is 10.4. The Morgan fingerprint density at radius 3 is 2.22 bits per heavy atom. The SMILES string of the molecule is CC1(C=O)CC2(CC2)C1. The van der Waals surface area contributed by atoms with Gasteiger partial charge in [-0.25, -0.2) is 0 Å². The molecule has 0 N–H and O–H groups in total. The number of hydrogen-bond donors (Lipinski definition) is 0. The molecular weight excluding hydrogens is 112 g/mol. The smallest absolute Gasteiger partial charge is 0.125 e. The van der Waals surface area contributed by atoms with Crippen molar-refractivity contribution in [2.45, 2.75) is 32.6 Å². The molecule has 2 aliphatic carbocycles. The summed E-state index contributed by atoms with van der Waals surface area (Å²) < 4.78 is 0. The van der Waals surface area contributed by atoms with Crippen molar-refractivity contribution in [2.24, 2.45) is 10.8 Å². The highest BCUT2D eigenvalue weighted by Gasteiger charge is 2.58. The molecular formula is C8H12O. The summed E-state index contributed by atoms with van der Waals surface area (Å²) in [5, 5.41) is 0. The average molecular weight is 124 g/mol. The first kappa shape index (κ1) is 5.45. The minimum Gasteiger partial charge on any atom is -0.303 e. The highest BCUT2D eigenvalue weighted by Crippen LogP contribution is 2.67. The predicted molar refractivity (Wildman–Crippen MR) is 35.1 cm³/mol. The molecule has 1 heteroatoms. The van der Waals surface area contributed by atoms with Crippen molar-refractivity contribution in [1.29, 1.82) is 0 Å². The average Bonchev–Trinajstić information content (AvgIpc) is 2.46. The summed E-state index contributed by atoms with van der Waals surface area (Å²) in [7, 11) is 0. The summed E-state index contributed by atoms with van der Waals surface area (Å²) in [6.45, 7) is 2.07. The second kappa shape index (κ2) is 1.23. The molecule has 2 rings (SSSR count). The molecule has 0 amide bonds. The Labute approximate surface area is 55.4 Å². The van der Waals surface area contributed by atoms with Gasteiger partial charge in [0.25, 0.3) is 0 Å². The maximum atomic E-state index is 10.4. The van der Waals surface area contributed by atoms with Crippen LogP contribution in [0.15, 0.2) is 0 Å². The third-order valence-corrected chi connectivity index (χ3v) is 2.80. The third kappa shape index (κ3) is 0.637. The zero-order valence-corrected chi connectivity index (χ0v) is 5.81. The van der Waals surface area contributed by atoms with Gasteiger partial charge in [0.1, 0.15) is 6.29 Å². The van der Waals surface area contributed by atoms with E-state index in [-0.39, 0.29) is 5.41 Å². The zero-order valence-electron chi connectivity index (χ0n) is 5.81. The topological polar surface area (TPSA) is 17.1 Å². The molecule has 0 aromatic rings. The lowest BCUT2D eigenvalue weighted by atomic mass is 9.62. The minimum atomic E-state index is 0.0799. The molecule has 9 heavy (non-hydrogen) atoms. The van der Waals surface area contributed by atoms with E-state index in [1.807, 2.05) is 0 Å². The van der Waals surface area contributed by atoms with Crippen LogP contribution in [0.3, 0.4) is 0 Å². The number of hydrogen-bond acceptors (Lipinski definition) is 1. The van der Waals surface area contributed by atoms with Crippen LogP contribution in [-0.4, -0.2) is 6.29 Å². The fourth-order valence-corrected chi connectivity index (χ4v) is 2.28. The minimum absolute atomic E-state index is 0.0799. The molecule has 0 unspecified atom stereocenters. The molecule has 0 saturated heterocycles. The molecule has 0 aromatic heterocycles. The van der Waals surface area contributed by atoms with Gasteiger partial charge in [-0.15, -0.1) is 0 Å². The standard InChI is InChI=1S/C8H12O/c1-7(6-9)4-8(5-7)2-3-8/h6H,2-5H2,1H3. The molecule has 0 atom stereocenters. The van der Waals surface area contributed by atoms with E-state index in [0.717, 1.165) is 6.29 Å². The zero-order chi connectivity index (χ0) is 6.54. The van der Waals surface area contributed by atoms with Crippen LogP contribution >= 0.6 is 0 Å². The molecule has 0 radical (unpaired) electrons. The molecule has 50 valence electrons. The van der Waals surface area contributed by atoms with Gasteiger partial charge in [-0.1, -0.05) is 6.92 Å². The van der Waals surface area contributed by atoms with Crippen LogP contribution in [0.2, 0.25) is 0 Å². The molecule has 0 bridgehead atoms. The Morgan fingerprint density at radius 1 is 1.33 bits per heavy atom. The van der Waals surface area contributed by atoms with Gasteiger partial charge < -0.3 is 4.79 Å². The summed E-state index contributed by atoms with van der Waals surface area (Å²) in [5.41, 5.74) is 0.756. The second-order valence-electron chi connectivity index (χ2n) is 4.13. The van der Waals surface area contributed by atoms with Crippen LogP contribution < -0.4 is 0 Å². The van der Waals surface area contributed by atoms with Gasteiger partial charge in [0.15, 0.2) is 0 Å². The van der Waals surface area contributed by atoms with E-state index in [9.17, 15) is 4.79 Å². The Kier molecular flexibility index (Phi) is 0.744. The highest BCUT2D eigenvalue weighted by atomic mass is 16.1. The number of carbonyl (C=O) groups is 1. The largest absolute Gasteiger partial charge is 0.303 e. The second-order valence-corrected chi connectivity index (χ2v) is 4.13. The quantitative estimate of drug-likeness (QED) is 0.487. The van der Waals surface area contributed by atoms with E-state index in [0.29, 0.717) is 5.41 Å². The summed E-state index contributed by atoms with van der Waals surface area (Å²) in [5.74, 6) is 0. The molecule has 2 aliphatic rings. The Bertz CT molecular complexity index is 148. The first-order valence-electron chi connectivity index (χ1n) is 3.65. The van der Waals surface area contributed by atoms with E-state index in [1.54, 1.807) is 0 Å². The van der Waals surface area contributed by atoms with Gasteiger partial charge in [0.2, 0.25) is 0 Å². The monoisotopic (exact) mass is 124 g/mol. The Morgan fingerprint density at radius 2 is 1.89 bits per heavy atom. The molecule has 2 saturated carbocycles. The number of carbonyl (C=O) groups excluding carboxylic acids is 1. The summed E-state index contributed by atoms with van der Waals surface area (Å²) in [6, 6.07) is 0. The van der Waals surface area contributed by atoms with Crippen molar-refractivity contribution in [3.63, 3.8) is 0 Å². The Hall–Kier alpha value is -0.330. The molecule has 0 aromatic carbocycles. The molecule has 1 nitrogen and oxygen atoms in total. The number of aldehydes is 1. The van der Waals surface area contributed by atoms with Crippen LogP contribution in [0.4, 0.5) is 0 Å². The van der Waals surface area contributed by atoms with Gasteiger partial charge in [-0.05, 0) is 31.1 Å². The van der Waals surface area contributed by atoms with Gasteiger partial charge in [0.05, 0.1) is 0 Å². The van der Waals surface area contributed by atoms with E-state index in [1.165, 1.54) is 25.7 Å². The summed E-state index contributed by atoms with van der Waals surface area (Å²) in [6.07, 6.45) is 6.25. The first-order chi connectivity index (χ1) is 4.18. The van der Waals surface area contributed by atoms with Crippen molar-refractivity contribution in [2.75, 3.05) is 0 Å². The lowest BCUT2D eigenvalue weighted by Crippen LogP contribution is -2.36. The normalized spacial score (nSPS) is 33.4. The van der Waals surface area contributed by atoms with Gasteiger partial charge in [-0.3, -0.25) is 0 Å². The van der Waals surface area contributed by atoms with Crippen molar-refractivity contribution in [3.8, 4) is 0 Å². The van der Waals surface area contributed by atoms with Crippen molar-refractivity contribution in [1.82, 2.24) is 0 Å². The van der Waals surface area contributed by atoms with E-state index < -0.39 is 0 Å². The van der Waals surface area contributed by atoms with Crippen molar-refractivity contribution < 1.29 is 4.79 Å². The molecule has 2 fully saturated rings. The van der Waals surface area contributed by atoms with E-state index >= 15 is 0 Å². The summed E-state index contributed by atoms with van der Waals surface area (Å²) >= 11 is 0. The third-order valence-electron chi connectivity index (χ3n) is 2.80. The van der Waals surface area contributed by atoms with Gasteiger partial charge in [0, 0.05) is 5.41 Å². The molecule has 1 spiro atoms. The maximum absolute atomic E-state index is 10.4.